The molecule has 0 amide bonds. The van der Waals surface area contributed by atoms with E-state index in [-0.39, 0.29) is 0 Å². The summed E-state index contributed by atoms with van der Waals surface area (Å²) >= 11 is 0. The van der Waals surface area contributed by atoms with Crippen LogP contribution in [0.25, 0.3) is 33.3 Å². The Morgan fingerprint density at radius 3 is 2.17 bits per heavy atom. The van der Waals surface area contributed by atoms with Crippen LogP contribution in [0.5, 0.6) is 0 Å². The molecule has 1 saturated carbocycles. The first-order valence-corrected chi connectivity index (χ1v) is 9.97. The fourth-order valence-electron chi connectivity index (χ4n) is 4.28. The molecule has 1 fully saturated rings. The number of hydrogen-bond acceptors (Lipinski definition) is 2. The van der Waals surface area contributed by atoms with E-state index >= 15 is 0 Å². The zero-order valence-corrected chi connectivity index (χ0v) is 16.0. The summed E-state index contributed by atoms with van der Waals surface area (Å²) in [5, 5.41) is 10.8. The van der Waals surface area contributed by atoms with Crippen LogP contribution in [0.2, 0.25) is 0 Å². The summed E-state index contributed by atoms with van der Waals surface area (Å²) in [5.74, 6) is -0.717. The Labute approximate surface area is 169 Å². The quantitative estimate of drug-likeness (QED) is 0.468. The van der Waals surface area contributed by atoms with E-state index in [1.54, 1.807) is 0 Å². The smallest absolute Gasteiger partial charge is 0.314 e. The van der Waals surface area contributed by atoms with Gasteiger partial charge < -0.3 is 5.11 Å². The Balaban J connectivity index is 1.65. The molecule has 5 rings (SSSR count). The molecule has 0 unspecified atom stereocenters. The van der Waals surface area contributed by atoms with Crippen molar-refractivity contribution in [3.05, 3.63) is 90.5 Å². The van der Waals surface area contributed by atoms with Crippen LogP contribution in [0, 0.1) is 0 Å². The Kier molecular flexibility index (Phi) is 4.17. The Morgan fingerprint density at radius 1 is 0.828 bits per heavy atom. The first kappa shape index (κ1) is 17.6. The van der Waals surface area contributed by atoms with Gasteiger partial charge in [0.1, 0.15) is 0 Å². The molecule has 1 aromatic heterocycles. The van der Waals surface area contributed by atoms with Crippen molar-refractivity contribution >= 4 is 16.9 Å². The van der Waals surface area contributed by atoms with Crippen molar-refractivity contribution in [1.82, 2.24) is 4.98 Å². The van der Waals surface area contributed by atoms with Crippen molar-refractivity contribution in [3.8, 4) is 22.4 Å². The highest BCUT2D eigenvalue weighted by atomic mass is 16.4. The fourth-order valence-corrected chi connectivity index (χ4v) is 4.28. The predicted molar refractivity (Wildman–Crippen MR) is 116 cm³/mol. The lowest BCUT2D eigenvalue weighted by Gasteiger charge is -2.38. The van der Waals surface area contributed by atoms with E-state index in [9.17, 15) is 9.90 Å². The lowest BCUT2D eigenvalue weighted by atomic mass is 9.64. The fraction of sp³-hybridized carbons (Fsp3) is 0.154. The van der Waals surface area contributed by atoms with Gasteiger partial charge in [0.25, 0.3) is 0 Å². The molecule has 1 aliphatic carbocycles. The number of pyridine rings is 1. The molecule has 0 aliphatic heterocycles. The van der Waals surface area contributed by atoms with Crippen molar-refractivity contribution in [2.75, 3.05) is 0 Å². The Hall–Kier alpha value is -3.46. The second kappa shape index (κ2) is 6.85. The number of para-hydroxylation sites is 1. The van der Waals surface area contributed by atoms with E-state index in [2.05, 4.69) is 24.3 Å². The highest BCUT2D eigenvalue weighted by Crippen LogP contribution is 2.44. The molecule has 1 N–H and O–H groups in total. The van der Waals surface area contributed by atoms with Gasteiger partial charge in [-0.3, -0.25) is 4.79 Å². The average Bonchev–Trinajstić information content (AvgIpc) is 2.73. The van der Waals surface area contributed by atoms with Crippen LogP contribution in [-0.4, -0.2) is 16.1 Å². The van der Waals surface area contributed by atoms with Crippen molar-refractivity contribution in [2.24, 2.45) is 0 Å². The van der Waals surface area contributed by atoms with Crippen molar-refractivity contribution in [1.29, 1.82) is 0 Å². The van der Waals surface area contributed by atoms with Gasteiger partial charge in [-0.2, -0.15) is 0 Å². The van der Waals surface area contributed by atoms with Gasteiger partial charge in [-0.1, -0.05) is 79.2 Å². The Bertz CT molecular complexity index is 1190. The van der Waals surface area contributed by atoms with Gasteiger partial charge in [0.2, 0.25) is 0 Å². The van der Waals surface area contributed by atoms with Crippen molar-refractivity contribution in [3.63, 3.8) is 0 Å². The van der Waals surface area contributed by atoms with Gasteiger partial charge in [0.05, 0.1) is 16.6 Å². The maximum Gasteiger partial charge on any atom is 0.314 e. The van der Waals surface area contributed by atoms with E-state index in [1.165, 1.54) is 0 Å². The lowest BCUT2D eigenvalue weighted by molar-refractivity contribution is -0.147. The number of nitrogens with zero attached hydrogens (tertiary/aromatic N) is 1. The maximum atomic E-state index is 11.8. The minimum absolute atomic E-state index is 0.711. The van der Waals surface area contributed by atoms with Gasteiger partial charge in [0, 0.05) is 16.5 Å². The topological polar surface area (TPSA) is 50.2 Å². The highest BCUT2D eigenvalue weighted by Gasteiger charge is 2.45. The molecular formula is C26H21NO2. The van der Waals surface area contributed by atoms with E-state index in [4.69, 9.17) is 4.98 Å². The van der Waals surface area contributed by atoms with Crippen LogP contribution >= 0.6 is 0 Å². The molecule has 0 radical (unpaired) electrons. The number of benzene rings is 3. The Morgan fingerprint density at radius 2 is 1.52 bits per heavy atom. The minimum atomic E-state index is -0.717. The molecule has 1 aliphatic rings. The second-order valence-corrected chi connectivity index (χ2v) is 7.76. The number of carbonyl (C=O) groups is 1. The van der Waals surface area contributed by atoms with Crippen LogP contribution in [0.3, 0.4) is 0 Å². The van der Waals surface area contributed by atoms with E-state index in [0.29, 0.717) is 12.8 Å². The molecule has 0 bridgehead atoms. The van der Waals surface area contributed by atoms with Gasteiger partial charge in [0.15, 0.2) is 0 Å². The molecular weight excluding hydrogens is 358 g/mol. The minimum Gasteiger partial charge on any atom is -0.481 e. The number of aliphatic carboxylic acids is 1. The summed E-state index contributed by atoms with van der Waals surface area (Å²) in [7, 11) is 0. The number of carboxylic acid groups (broad SMARTS) is 1. The second-order valence-electron chi connectivity index (χ2n) is 7.76. The third-order valence-electron chi connectivity index (χ3n) is 6.14. The molecule has 0 atom stereocenters. The van der Waals surface area contributed by atoms with E-state index < -0.39 is 11.4 Å². The van der Waals surface area contributed by atoms with Crippen LogP contribution in [0.1, 0.15) is 24.8 Å². The van der Waals surface area contributed by atoms with Crippen LogP contribution in [0.4, 0.5) is 0 Å². The molecule has 1 heterocycles. The lowest BCUT2D eigenvalue weighted by Crippen LogP contribution is -2.42. The molecule has 29 heavy (non-hydrogen) atoms. The molecule has 4 aromatic rings. The molecule has 3 aromatic carbocycles. The summed E-state index contributed by atoms with van der Waals surface area (Å²) in [4.78, 5) is 16.8. The zero-order chi connectivity index (χ0) is 19.8. The van der Waals surface area contributed by atoms with Crippen LogP contribution < -0.4 is 0 Å². The molecule has 3 heteroatoms. The van der Waals surface area contributed by atoms with E-state index in [1.807, 2.05) is 60.7 Å². The van der Waals surface area contributed by atoms with Gasteiger partial charge in [-0.25, -0.2) is 4.98 Å². The molecule has 3 nitrogen and oxygen atoms in total. The summed E-state index contributed by atoms with van der Waals surface area (Å²) in [6.07, 6.45) is 2.40. The van der Waals surface area contributed by atoms with Gasteiger partial charge in [-0.05, 0) is 36.1 Å². The zero-order valence-electron chi connectivity index (χ0n) is 16.0. The monoisotopic (exact) mass is 379 g/mol. The average molecular weight is 379 g/mol. The number of fused-ring (bicyclic) bond motifs is 1. The molecule has 0 spiro atoms. The van der Waals surface area contributed by atoms with Crippen molar-refractivity contribution in [2.45, 2.75) is 24.7 Å². The number of carboxylic acids is 1. The van der Waals surface area contributed by atoms with Crippen LogP contribution in [-0.2, 0) is 10.2 Å². The highest BCUT2D eigenvalue weighted by molar-refractivity contribution is 5.91. The van der Waals surface area contributed by atoms with E-state index in [0.717, 1.165) is 45.3 Å². The summed E-state index contributed by atoms with van der Waals surface area (Å²) in [6, 6.07) is 28.5. The summed E-state index contributed by atoms with van der Waals surface area (Å²) in [6.45, 7) is 0. The number of rotatable bonds is 4. The third-order valence-corrected chi connectivity index (χ3v) is 6.14. The number of hydrogen-bond donors (Lipinski definition) is 1. The molecule has 0 saturated heterocycles. The van der Waals surface area contributed by atoms with Gasteiger partial charge >= 0.3 is 5.97 Å². The largest absolute Gasteiger partial charge is 0.481 e. The standard InChI is InChI=1S/C26H21NO2/c28-25(29)26(15-6-16-26)21-13-11-19(12-14-21)24-22(18-7-2-1-3-8-18)17-20-9-4-5-10-23(20)27-24/h1-5,7-14,17H,6,15-16H2,(H,28,29). The SMILES string of the molecule is O=C(O)C1(c2ccc(-c3nc4ccccc4cc3-c3ccccc3)cc2)CCC1. The summed E-state index contributed by atoms with van der Waals surface area (Å²) < 4.78 is 0. The summed E-state index contributed by atoms with van der Waals surface area (Å²) in [5.41, 5.74) is 5.24. The predicted octanol–water partition coefficient (Wildman–Crippen LogP) is 6.08. The first-order chi connectivity index (χ1) is 14.2. The normalized spacial score (nSPS) is 15.0. The number of aromatic nitrogens is 1. The van der Waals surface area contributed by atoms with Crippen LogP contribution in [0.15, 0.2) is 84.9 Å². The van der Waals surface area contributed by atoms with Gasteiger partial charge in [-0.15, -0.1) is 0 Å². The third kappa shape index (κ3) is 2.90. The maximum absolute atomic E-state index is 11.8. The van der Waals surface area contributed by atoms with Crippen molar-refractivity contribution < 1.29 is 9.90 Å². The first-order valence-electron chi connectivity index (χ1n) is 9.97. The molecule has 142 valence electrons.